The van der Waals surface area contributed by atoms with E-state index in [0.29, 0.717) is 10.9 Å². The van der Waals surface area contributed by atoms with Gasteiger partial charge in [-0.3, -0.25) is 0 Å². The van der Waals surface area contributed by atoms with Crippen LogP contribution in [0.3, 0.4) is 0 Å². The number of hydrogen-bond acceptors (Lipinski definition) is 2. The van der Waals surface area contributed by atoms with Gasteiger partial charge in [0.25, 0.3) is 0 Å². The lowest BCUT2D eigenvalue weighted by molar-refractivity contribution is 0.758. The van der Waals surface area contributed by atoms with E-state index in [-0.39, 0.29) is 0 Å². The first kappa shape index (κ1) is 9.84. The quantitative estimate of drug-likeness (QED) is 0.629. The van der Waals surface area contributed by atoms with Gasteiger partial charge in [-0.1, -0.05) is 28.1 Å². The van der Waals surface area contributed by atoms with Crippen molar-refractivity contribution in [2.24, 2.45) is 0 Å². The van der Waals surface area contributed by atoms with Crippen LogP contribution in [0.25, 0.3) is 0 Å². The van der Waals surface area contributed by atoms with Gasteiger partial charge >= 0.3 is 0 Å². The predicted molar refractivity (Wildman–Crippen MR) is 64.8 cm³/mol. The third-order valence-corrected chi connectivity index (χ3v) is 3.52. The average molecular weight is 255 g/mol. The first-order valence-electron chi connectivity index (χ1n) is 5.01. The van der Waals surface area contributed by atoms with Crippen LogP contribution in [-0.2, 0) is 0 Å². The summed E-state index contributed by atoms with van der Waals surface area (Å²) in [6.45, 7) is 0. The lowest BCUT2D eigenvalue weighted by Gasteiger charge is -2.15. The zero-order valence-corrected chi connectivity index (χ0v) is 9.63. The highest BCUT2D eigenvalue weighted by Crippen LogP contribution is 2.29. The van der Waals surface area contributed by atoms with Gasteiger partial charge in [-0.05, 0) is 31.4 Å². The van der Waals surface area contributed by atoms with Crippen molar-refractivity contribution < 1.29 is 0 Å². The van der Waals surface area contributed by atoms with E-state index in [1.807, 2.05) is 24.3 Å². The second-order valence-electron chi connectivity index (χ2n) is 3.84. The normalized spacial score (nSPS) is 26.4. The topological polar surface area (TPSA) is 38.0 Å². The third-order valence-electron chi connectivity index (χ3n) is 2.69. The summed E-state index contributed by atoms with van der Waals surface area (Å²) < 4.78 is 0. The number of para-hydroxylation sites is 2. The molecule has 0 heterocycles. The maximum atomic E-state index is 5.86. The molecule has 76 valence electrons. The summed E-state index contributed by atoms with van der Waals surface area (Å²) in [4.78, 5) is 0.671. The van der Waals surface area contributed by atoms with Gasteiger partial charge in [0.15, 0.2) is 0 Å². The Kier molecular flexibility index (Phi) is 2.96. The second-order valence-corrected chi connectivity index (χ2v) is 5.13. The standard InChI is InChI=1S/C11H15BrN2/c12-8-5-6-9(7-8)14-11-4-2-1-3-10(11)13/h1-4,8-9,14H,5-7,13H2. The Morgan fingerprint density at radius 2 is 2.07 bits per heavy atom. The highest BCUT2D eigenvalue weighted by atomic mass is 79.9. The molecule has 1 aliphatic rings. The molecule has 2 rings (SSSR count). The summed E-state index contributed by atoms with van der Waals surface area (Å²) in [5.74, 6) is 0. The van der Waals surface area contributed by atoms with E-state index in [1.165, 1.54) is 19.3 Å². The molecule has 0 spiro atoms. The Labute approximate surface area is 93.0 Å². The van der Waals surface area contributed by atoms with Crippen molar-refractivity contribution in [2.75, 3.05) is 11.1 Å². The van der Waals surface area contributed by atoms with Crippen LogP contribution in [-0.4, -0.2) is 10.9 Å². The molecule has 0 aliphatic heterocycles. The number of nitrogens with one attached hydrogen (secondary N) is 1. The summed E-state index contributed by atoms with van der Waals surface area (Å²) in [6, 6.07) is 8.52. The lowest BCUT2D eigenvalue weighted by Crippen LogP contribution is -2.16. The van der Waals surface area contributed by atoms with E-state index in [4.69, 9.17) is 5.73 Å². The molecule has 0 saturated heterocycles. The van der Waals surface area contributed by atoms with Crippen LogP contribution in [0.15, 0.2) is 24.3 Å². The Morgan fingerprint density at radius 3 is 2.71 bits per heavy atom. The molecule has 2 unspecified atom stereocenters. The molecule has 1 fully saturated rings. The van der Waals surface area contributed by atoms with Crippen molar-refractivity contribution >= 4 is 27.3 Å². The number of rotatable bonds is 2. The van der Waals surface area contributed by atoms with E-state index in [9.17, 15) is 0 Å². The third kappa shape index (κ3) is 2.21. The van der Waals surface area contributed by atoms with Crippen LogP contribution in [0.4, 0.5) is 11.4 Å². The van der Waals surface area contributed by atoms with Crippen molar-refractivity contribution in [2.45, 2.75) is 30.1 Å². The van der Waals surface area contributed by atoms with Gasteiger partial charge in [-0.25, -0.2) is 0 Å². The largest absolute Gasteiger partial charge is 0.397 e. The number of nitrogens with two attached hydrogens (primary N) is 1. The summed E-state index contributed by atoms with van der Waals surface area (Å²) in [5.41, 5.74) is 7.77. The second kappa shape index (κ2) is 4.22. The van der Waals surface area contributed by atoms with Crippen molar-refractivity contribution in [3.8, 4) is 0 Å². The lowest BCUT2D eigenvalue weighted by atomic mass is 10.2. The molecule has 2 nitrogen and oxygen atoms in total. The molecule has 3 N–H and O–H groups in total. The molecule has 14 heavy (non-hydrogen) atoms. The predicted octanol–water partition coefficient (Wildman–Crippen LogP) is 3.00. The maximum absolute atomic E-state index is 5.86. The van der Waals surface area contributed by atoms with Crippen molar-refractivity contribution in [3.63, 3.8) is 0 Å². The first-order chi connectivity index (χ1) is 6.75. The van der Waals surface area contributed by atoms with Crippen molar-refractivity contribution in [1.29, 1.82) is 0 Å². The fourth-order valence-corrected chi connectivity index (χ4v) is 2.62. The van der Waals surface area contributed by atoms with E-state index in [0.717, 1.165) is 11.4 Å². The Hall–Kier alpha value is -0.700. The van der Waals surface area contributed by atoms with Gasteiger partial charge in [-0.15, -0.1) is 0 Å². The van der Waals surface area contributed by atoms with Gasteiger partial charge < -0.3 is 11.1 Å². The van der Waals surface area contributed by atoms with Gasteiger partial charge in [0.1, 0.15) is 0 Å². The van der Waals surface area contributed by atoms with Crippen LogP contribution in [0.1, 0.15) is 19.3 Å². The minimum absolute atomic E-state index is 0.573. The minimum Gasteiger partial charge on any atom is -0.397 e. The van der Waals surface area contributed by atoms with Crippen molar-refractivity contribution in [3.05, 3.63) is 24.3 Å². The number of hydrogen-bond donors (Lipinski definition) is 2. The SMILES string of the molecule is Nc1ccccc1NC1CCC(Br)C1. The molecular formula is C11H15BrN2. The number of halogens is 1. The van der Waals surface area contributed by atoms with Crippen LogP contribution in [0.5, 0.6) is 0 Å². The number of nitrogen functional groups attached to an aromatic ring is 1. The van der Waals surface area contributed by atoms with Gasteiger partial charge in [0.05, 0.1) is 11.4 Å². The molecule has 0 aromatic heterocycles. The Bertz CT molecular complexity index is 314. The van der Waals surface area contributed by atoms with Gasteiger partial charge in [0.2, 0.25) is 0 Å². The molecular weight excluding hydrogens is 240 g/mol. The van der Waals surface area contributed by atoms with Crippen molar-refractivity contribution in [1.82, 2.24) is 0 Å². The molecule has 0 radical (unpaired) electrons. The molecule has 3 heteroatoms. The number of benzene rings is 1. The summed E-state index contributed by atoms with van der Waals surface area (Å²) >= 11 is 3.64. The maximum Gasteiger partial charge on any atom is 0.0576 e. The Morgan fingerprint density at radius 1 is 1.29 bits per heavy atom. The number of alkyl halides is 1. The minimum atomic E-state index is 0.573. The molecule has 0 bridgehead atoms. The highest BCUT2D eigenvalue weighted by molar-refractivity contribution is 9.09. The summed E-state index contributed by atoms with van der Waals surface area (Å²) in [6.07, 6.45) is 3.67. The Balaban J connectivity index is 2.01. The molecule has 1 aromatic carbocycles. The van der Waals surface area contributed by atoms with E-state index >= 15 is 0 Å². The number of anilines is 2. The summed E-state index contributed by atoms with van der Waals surface area (Å²) in [7, 11) is 0. The van der Waals surface area contributed by atoms with Crippen LogP contribution in [0, 0.1) is 0 Å². The molecule has 1 aromatic rings. The van der Waals surface area contributed by atoms with E-state index < -0.39 is 0 Å². The smallest absolute Gasteiger partial charge is 0.0576 e. The van der Waals surface area contributed by atoms with Crippen LogP contribution < -0.4 is 11.1 Å². The fraction of sp³-hybridized carbons (Fsp3) is 0.455. The van der Waals surface area contributed by atoms with Crippen LogP contribution in [0.2, 0.25) is 0 Å². The molecule has 1 aliphatic carbocycles. The monoisotopic (exact) mass is 254 g/mol. The van der Waals surface area contributed by atoms with Gasteiger partial charge in [0, 0.05) is 10.9 Å². The fourth-order valence-electron chi connectivity index (χ4n) is 1.91. The summed E-state index contributed by atoms with van der Waals surface area (Å²) in [5, 5.41) is 3.48. The van der Waals surface area contributed by atoms with Gasteiger partial charge in [-0.2, -0.15) is 0 Å². The first-order valence-corrected chi connectivity index (χ1v) is 5.92. The van der Waals surface area contributed by atoms with E-state index in [1.54, 1.807) is 0 Å². The molecule has 0 amide bonds. The van der Waals surface area contributed by atoms with E-state index in [2.05, 4.69) is 21.2 Å². The zero-order valence-electron chi connectivity index (χ0n) is 8.04. The average Bonchev–Trinajstić information content (AvgIpc) is 2.56. The van der Waals surface area contributed by atoms with Crippen LogP contribution >= 0.6 is 15.9 Å². The molecule has 1 saturated carbocycles. The zero-order chi connectivity index (χ0) is 9.97. The molecule has 2 atom stereocenters. The highest BCUT2D eigenvalue weighted by Gasteiger charge is 2.22.